The average Bonchev–Trinajstić information content (AvgIpc) is 2.65. The molecular formula is C14H21N3O. The molecule has 0 spiro atoms. The van der Waals surface area contributed by atoms with E-state index in [-0.39, 0.29) is 5.54 Å². The molecule has 0 aliphatic carbocycles. The third-order valence-corrected chi connectivity index (χ3v) is 3.32. The molecule has 0 radical (unpaired) electrons. The number of ether oxygens (including phenoxy) is 1. The third-order valence-electron chi connectivity index (χ3n) is 3.32. The van der Waals surface area contributed by atoms with E-state index in [2.05, 4.69) is 35.9 Å². The number of nitrogens with two attached hydrogens (primary N) is 1. The lowest BCUT2D eigenvalue weighted by molar-refractivity contribution is 0.108. The molecule has 0 saturated heterocycles. The molecule has 1 aliphatic rings. The summed E-state index contributed by atoms with van der Waals surface area (Å²) >= 11 is 0. The summed E-state index contributed by atoms with van der Waals surface area (Å²) < 4.78 is 5.59. The van der Waals surface area contributed by atoms with Crippen molar-refractivity contribution in [3.8, 4) is 0 Å². The molecule has 1 aromatic carbocycles. The SMILES string of the molecule is CCOCC1(C)CN=C(N)N1c1ccccc1C. The van der Waals surface area contributed by atoms with Crippen LogP contribution in [0, 0.1) is 6.92 Å². The summed E-state index contributed by atoms with van der Waals surface area (Å²) in [4.78, 5) is 6.48. The van der Waals surface area contributed by atoms with Crippen LogP contribution < -0.4 is 10.6 Å². The fraction of sp³-hybridized carbons (Fsp3) is 0.500. The van der Waals surface area contributed by atoms with Crippen molar-refractivity contribution in [3.63, 3.8) is 0 Å². The average molecular weight is 247 g/mol. The topological polar surface area (TPSA) is 50.9 Å². The second kappa shape index (κ2) is 4.98. The molecule has 0 amide bonds. The highest BCUT2D eigenvalue weighted by Crippen LogP contribution is 2.31. The Balaban J connectivity index is 2.33. The monoisotopic (exact) mass is 247 g/mol. The Morgan fingerprint density at radius 1 is 1.44 bits per heavy atom. The highest BCUT2D eigenvalue weighted by atomic mass is 16.5. The van der Waals surface area contributed by atoms with Crippen molar-refractivity contribution in [2.75, 3.05) is 24.7 Å². The van der Waals surface area contributed by atoms with Crippen LogP contribution in [0.25, 0.3) is 0 Å². The van der Waals surface area contributed by atoms with Crippen LogP contribution >= 0.6 is 0 Å². The van der Waals surface area contributed by atoms with Crippen molar-refractivity contribution in [2.24, 2.45) is 10.7 Å². The van der Waals surface area contributed by atoms with Gasteiger partial charge in [-0.2, -0.15) is 0 Å². The first-order valence-corrected chi connectivity index (χ1v) is 6.32. The summed E-state index contributed by atoms with van der Waals surface area (Å²) in [5.41, 5.74) is 8.16. The minimum atomic E-state index is -0.188. The Morgan fingerprint density at radius 2 is 2.17 bits per heavy atom. The molecule has 0 bridgehead atoms. The first-order chi connectivity index (χ1) is 8.58. The number of hydrogen-bond donors (Lipinski definition) is 1. The summed E-state index contributed by atoms with van der Waals surface area (Å²) in [6, 6.07) is 8.21. The second-order valence-corrected chi connectivity index (χ2v) is 4.93. The number of nitrogens with zero attached hydrogens (tertiary/aromatic N) is 2. The van der Waals surface area contributed by atoms with E-state index in [1.807, 2.05) is 19.1 Å². The van der Waals surface area contributed by atoms with Gasteiger partial charge in [-0.3, -0.25) is 4.99 Å². The predicted molar refractivity (Wildman–Crippen MR) is 75.0 cm³/mol. The smallest absolute Gasteiger partial charge is 0.196 e. The Kier molecular flexibility index (Phi) is 3.57. The van der Waals surface area contributed by atoms with Crippen LogP contribution in [0.3, 0.4) is 0 Å². The van der Waals surface area contributed by atoms with Crippen LogP contribution in [0.4, 0.5) is 5.69 Å². The Labute approximate surface area is 108 Å². The maximum Gasteiger partial charge on any atom is 0.196 e. The number of aliphatic imine (C=N–C) groups is 1. The molecule has 0 fully saturated rings. The zero-order chi connectivity index (χ0) is 13.2. The van der Waals surface area contributed by atoms with Gasteiger partial charge >= 0.3 is 0 Å². The molecule has 4 heteroatoms. The predicted octanol–water partition coefficient (Wildman–Crippen LogP) is 1.92. The zero-order valence-corrected chi connectivity index (χ0v) is 11.3. The van der Waals surface area contributed by atoms with Crippen molar-refractivity contribution in [3.05, 3.63) is 29.8 Å². The van der Waals surface area contributed by atoms with Gasteiger partial charge in [0.1, 0.15) is 0 Å². The molecular weight excluding hydrogens is 226 g/mol. The molecule has 1 heterocycles. The van der Waals surface area contributed by atoms with E-state index < -0.39 is 0 Å². The fourth-order valence-corrected chi connectivity index (χ4v) is 2.33. The van der Waals surface area contributed by atoms with Crippen molar-refractivity contribution in [1.29, 1.82) is 0 Å². The van der Waals surface area contributed by atoms with Crippen LogP contribution in [-0.4, -0.2) is 31.3 Å². The summed E-state index contributed by atoms with van der Waals surface area (Å²) in [5, 5.41) is 0. The van der Waals surface area contributed by atoms with Crippen LogP contribution in [0.2, 0.25) is 0 Å². The van der Waals surface area contributed by atoms with Gasteiger partial charge in [-0.05, 0) is 32.4 Å². The Bertz CT molecular complexity index is 458. The summed E-state index contributed by atoms with van der Waals surface area (Å²) in [6.07, 6.45) is 0. The molecule has 1 atom stereocenters. The normalized spacial score (nSPS) is 23.3. The van der Waals surface area contributed by atoms with Crippen LogP contribution in [0.15, 0.2) is 29.3 Å². The third kappa shape index (κ3) is 2.20. The second-order valence-electron chi connectivity index (χ2n) is 4.93. The van der Waals surface area contributed by atoms with E-state index in [0.29, 0.717) is 25.7 Å². The van der Waals surface area contributed by atoms with Gasteiger partial charge in [-0.1, -0.05) is 18.2 Å². The highest BCUT2D eigenvalue weighted by Gasteiger charge is 2.39. The van der Waals surface area contributed by atoms with E-state index in [1.165, 1.54) is 5.56 Å². The maximum atomic E-state index is 6.05. The standard InChI is InChI=1S/C14H21N3O/c1-4-18-10-14(3)9-16-13(15)17(14)12-8-6-5-7-11(12)2/h5-8H,4,9-10H2,1-3H3,(H2,15,16). The molecule has 0 aromatic heterocycles. The molecule has 4 nitrogen and oxygen atoms in total. The summed E-state index contributed by atoms with van der Waals surface area (Å²) in [6.45, 7) is 8.23. The molecule has 98 valence electrons. The van der Waals surface area contributed by atoms with Crippen molar-refractivity contribution in [1.82, 2.24) is 0 Å². The van der Waals surface area contributed by atoms with Crippen LogP contribution in [0.1, 0.15) is 19.4 Å². The van der Waals surface area contributed by atoms with Gasteiger partial charge < -0.3 is 15.4 Å². The lowest BCUT2D eigenvalue weighted by atomic mass is 10.0. The number of para-hydroxylation sites is 1. The number of guanidine groups is 1. The minimum Gasteiger partial charge on any atom is -0.379 e. The van der Waals surface area contributed by atoms with Crippen molar-refractivity contribution < 1.29 is 4.74 Å². The lowest BCUT2D eigenvalue weighted by Crippen LogP contribution is -2.53. The van der Waals surface area contributed by atoms with Crippen molar-refractivity contribution >= 4 is 11.6 Å². The highest BCUT2D eigenvalue weighted by molar-refractivity contribution is 5.98. The van der Waals surface area contributed by atoms with Gasteiger partial charge in [-0.25, -0.2) is 0 Å². The van der Waals surface area contributed by atoms with E-state index in [1.54, 1.807) is 0 Å². The van der Waals surface area contributed by atoms with Crippen LogP contribution in [-0.2, 0) is 4.74 Å². The van der Waals surface area contributed by atoms with Crippen LogP contribution in [0.5, 0.6) is 0 Å². The van der Waals surface area contributed by atoms with Gasteiger partial charge in [0, 0.05) is 12.3 Å². The van der Waals surface area contributed by atoms with Gasteiger partial charge in [0.05, 0.1) is 18.7 Å². The van der Waals surface area contributed by atoms with E-state index >= 15 is 0 Å². The fourth-order valence-electron chi connectivity index (χ4n) is 2.33. The Hall–Kier alpha value is -1.55. The number of hydrogen-bond acceptors (Lipinski definition) is 4. The Morgan fingerprint density at radius 3 is 2.83 bits per heavy atom. The van der Waals surface area contributed by atoms with E-state index in [9.17, 15) is 0 Å². The minimum absolute atomic E-state index is 0.188. The van der Waals surface area contributed by atoms with Gasteiger partial charge in [-0.15, -0.1) is 0 Å². The first-order valence-electron chi connectivity index (χ1n) is 6.32. The molecule has 2 N–H and O–H groups in total. The number of aryl methyl sites for hydroxylation is 1. The molecule has 2 rings (SSSR count). The molecule has 0 saturated carbocycles. The first kappa shape index (κ1) is 12.9. The number of anilines is 1. The number of benzene rings is 1. The van der Waals surface area contributed by atoms with Crippen molar-refractivity contribution in [2.45, 2.75) is 26.3 Å². The maximum absolute atomic E-state index is 6.05. The molecule has 1 aliphatic heterocycles. The molecule has 18 heavy (non-hydrogen) atoms. The van der Waals surface area contributed by atoms with Gasteiger partial charge in [0.15, 0.2) is 5.96 Å². The summed E-state index contributed by atoms with van der Waals surface area (Å²) in [7, 11) is 0. The number of rotatable bonds is 4. The van der Waals surface area contributed by atoms with E-state index in [4.69, 9.17) is 10.5 Å². The quantitative estimate of drug-likeness (QED) is 0.884. The molecule has 1 unspecified atom stereocenters. The summed E-state index contributed by atoms with van der Waals surface area (Å²) in [5.74, 6) is 0.575. The van der Waals surface area contributed by atoms with Gasteiger partial charge in [0.25, 0.3) is 0 Å². The zero-order valence-electron chi connectivity index (χ0n) is 11.3. The van der Waals surface area contributed by atoms with E-state index in [0.717, 1.165) is 5.69 Å². The molecule has 1 aromatic rings. The largest absolute Gasteiger partial charge is 0.379 e. The lowest BCUT2D eigenvalue weighted by Gasteiger charge is -2.36. The van der Waals surface area contributed by atoms with Gasteiger partial charge in [0.2, 0.25) is 0 Å².